The zero-order chi connectivity index (χ0) is 14.0. The van der Waals surface area contributed by atoms with E-state index in [9.17, 15) is 4.79 Å². The maximum atomic E-state index is 12.5. The number of carbonyl (C=O) groups is 1. The molecule has 0 aliphatic carbocycles. The molecule has 3 rings (SSSR count). The molecule has 2 N–H and O–H groups in total. The second-order valence-corrected chi connectivity index (χ2v) is 5.76. The molecular weight excluding hydrogens is 252 g/mol. The summed E-state index contributed by atoms with van der Waals surface area (Å²) in [6.45, 7) is 3.57. The van der Waals surface area contributed by atoms with Crippen molar-refractivity contribution >= 4 is 5.91 Å². The molecule has 1 fully saturated rings. The van der Waals surface area contributed by atoms with Crippen LogP contribution in [-0.2, 0) is 11.2 Å². The van der Waals surface area contributed by atoms with E-state index < -0.39 is 0 Å². The van der Waals surface area contributed by atoms with Crippen LogP contribution >= 0.6 is 0 Å². The molecule has 1 amide bonds. The van der Waals surface area contributed by atoms with E-state index >= 15 is 0 Å². The average molecular weight is 274 g/mol. The summed E-state index contributed by atoms with van der Waals surface area (Å²) in [5.74, 6) is 1.08. The Morgan fingerprint density at radius 3 is 3.10 bits per heavy atom. The number of hydrogen-bond acceptors (Lipinski definition) is 3. The third-order valence-corrected chi connectivity index (χ3v) is 4.50. The van der Waals surface area contributed by atoms with Gasteiger partial charge in [-0.15, -0.1) is 0 Å². The van der Waals surface area contributed by atoms with Gasteiger partial charge in [0.15, 0.2) is 0 Å². The highest BCUT2D eigenvalue weighted by molar-refractivity contribution is 5.87. The summed E-state index contributed by atoms with van der Waals surface area (Å²) < 4.78 is 5.73. The van der Waals surface area contributed by atoms with Crippen molar-refractivity contribution in [3.63, 3.8) is 0 Å². The molecule has 2 atom stereocenters. The standard InChI is InChI=1S/C16H22N2O2/c1-2-16(8-5-9-17-16)15(19)18-13-10-12-6-3-4-7-14(12)20-11-13/h3-4,6-7,13,17H,2,5,8-11H2,1H3,(H,18,19). The van der Waals surface area contributed by atoms with Crippen LogP contribution in [0, 0.1) is 0 Å². The zero-order valence-electron chi connectivity index (χ0n) is 11.9. The fourth-order valence-corrected chi connectivity index (χ4v) is 3.21. The highest BCUT2D eigenvalue weighted by atomic mass is 16.5. The number of rotatable bonds is 3. The second-order valence-electron chi connectivity index (χ2n) is 5.76. The lowest BCUT2D eigenvalue weighted by Gasteiger charge is -2.32. The Labute approximate surface area is 119 Å². The molecule has 2 heterocycles. The fraction of sp³-hybridized carbons (Fsp3) is 0.562. The van der Waals surface area contributed by atoms with Gasteiger partial charge in [-0.1, -0.05) is 25.1 Å². The van der Waals surface area contributed by atoms with Gasteiger partial charge in [-0.2, -0.15) is 0 Å². The third-order valence-electron chi connectivity index (χ3n) is 4.50. The van der Waals surface area contributed by atoms with E-state index in [2.05, 4.69) is 23.6 Å². The number of amides is 1. The lowest BCUT2D eigenvalue weighted by molar-refractivity contribution is -0.128. The maximum absolute atomic E-state index is 12.5. The summed E-state index contributed by atoms with van der Waals surface area (Å²) in [7, 11) is 0. The van der Waals surface area contributed by atoms with E-state index in [0.717, 1.165) is 38.0 Å². The molecule has 0 bridgehead atoms. The number of benzene rings is 1. The van der Waals surface area contributed by atoms with Crippen molar-refractivity contribution in [1.29, 1.82) is 0 Å². The first-order valence-electron chi connectivity index (χ1n) is 7.50. The molecule has 2 aliphatic heterocycles. The molecule has 108 valence electrons. The van der Waals surface area contributed by atoms with Crippen LogP contribution in [0.1, 0.15) is 31.7 Å². The zero-order valence-corrected chi connectivity index (χ0v) is 11.9. The minimum Gasteiger partial charge on any atom is -0.491 e. The molecule has 20 heavy (non-hydrogen) atoms. The van der Waals surface area contributed by atoms with Gasteiger partial charge in [0, 0.05) is 0 Å². The minimum absolute atomic E-state index is 0.0724. The molecule has 1 aromatic rings. The van der Waals surface area contributed by atoms with Gasteiger partial charge < -0.3 is 15.4 Å². The van der Waals surface area contributed by atoms with Crippen molar-refractivity contribution in [3.8, 4) is 5.75 Å². The van der Waals surface area contributed by atoms with Crippen molar-refractivity contribution < 1.29 is 9.53 Å². The van der Waals surface area contributed by atoms with Crippen LogP contribution < -0.4 is 15.4 Å². The first kappa shape index (κ1) is 13.4. The summed E-state index contributed by atoms with van der Waals surface area (Å²) in [6.07, 6.45) is 3.69. The molecule has 0 spiro atoms. The first-order chi connectivity index (χ1) is 9.73. The smallest absolute Gasteiger partial charge is 0.240 e. The number of nitrogens with one attached hydrogen (secondary N) is 2. The van der Waals surface area contributed by atoms with E-state index in [-0.39, 0.29) is 17.5 Å². The van der Waals surface area contributed by atoms with Gasteiger partial charge in [0.2, 0.25) is 5.91 Å². The van der Waals surface area contributed by atoms with Crippen molar-refractivity contribution in [3.05, 3.63) is 29.8 Å². The van der Waals surface area contributed by atoms with E-state index in [1.165, 1.54) is 5.56 Å². The highest BCUT2D eigenvalue weighted by Gasteiger charge is 2.40. The van der Waals surface area contributed by atoms with Gasteiger partial charge in [0.1, 0.15) is 12.4 Å². The van der Waals surface area contributed by atoms with E-state index in [1.54, 1.807) is 0 Å². The lowest BCUT2D eigenvalue weighted by atomic mass is 9.92. The number of fused-ring (bicyclic) bond motifs is 1. The van der Waals surface area contributed by atoms with Crippen LogP contribution in [0.5, 0.6) is 5.75 Å². The minimum atomic E-state index is -0.364. The highest BCUT2D eigenvalue weighted by Crippen LogP contribution is 2.26. The summed E-state index contributed by atoms with van der Waals surface area (Å²) in [5, 5.41) is 6.54. The summed E-state index contributed by atoms with van der Waals surface area (Å²) in [6, 6.07) is 8.12. The van der Waals surface area contributed by atoms with Crippen LogP contribution in [0.2, 0.25) is 0 Å². The van der Waals surface area contributed by atoms with Crippen molar-refractivity contribution in [2.45, 2.75) is 44.2 Å². The van der Waals surface area contributed by atoms with Crippen molar-refractivity contribution in [2.24, 2.45) is 0 Å². The number of carbonyl (C=O) groups excluding carboxylic acids is 1. The molecule has 0 radical (unpaired) electrons. The Morgan fingerprint density at radius 1 is 1.50 bits per heavy atom. The number of para-hydroxylation sites is 1. The van der Waals surface area contributed by atoms with E-state index in [1.807, 2.05) is 18.2 Å². The third kappa shape index (κ3) is 2.40. The monoisotopic (exact) mass is 274 g/mol. The fourth-order valence-electron chi connectivity index (χ4n) is 3.21. The summed E-state index contributed by atoms with van der Waals surface area (Å²) in [5.41, 5.74) is 0.811. The molecule has 1 saturated heterocycles. The lowest BCUT2D eigenvalue weighted by Crippen LogP contribution is -2.57. The molecule has 2 unspecified atom stereocenters. The summed E-state index contributed by atoms with van der Waals surface area (Å²) >= 11 is 0. The molecule has 4 heteroatoms. The van der Waals surface area contributed by atoms with Gasteiger partial charge in [-0.3, -0.25) is 4.79 Å². The van der Waals surface area contributed by atoms with Gasteiger partial charge in [-0.05, 0) is 43.9 Å². The summed E-state index contributed by atoms with van der Waals surface area (Å²) in [4.78, 5) is 12.5. The molecule has 4 nitrogen and oxygen atoms in total. The predicted octanol–water partition coefficient (Wildman–Crippen LogP) is 1.64. The maximum Gasteiger partial charge on any atom is 0.240 e. The van der Waals surface area contributed by atoms with Crippen LogP contribution in [0.4, 0.5) is 0 Å². The first-order valence-corrected chi connectivity index (χ1v) is 7.50. The SMILES string of the molecule is CCC1(C(=O)NC2COc3ccccc3C2)CCCN1. The van der Waals surface area contributed by atoms with Crippen LogP contribution in [0.25, 0.3) is 0 Å². The van der Waals surface area contributed by atoms with Gasteiger partial charge >= 0.3 is 0 Å². The molecule has 0 saturated carbocycles. The van der Waals surface area contributed by atoms with Crippen molar-refractivity contribution in [1.82, 2.24) is 10.6 Å². The molecule has 0 aromatic heterocycles. The Bertz CT molecular complexity index is 495. The molecule has 1 aromatic carbocycles. The average Bonchev–Trinajstić information content (AvgIpc) is 2.97. The van der Waals surface area contributed by atoms with Gasteiger partial charge in [-0.25, -0.2) is 0 Å². The Hall–Kier alpha value is -1.55. The predicted molar refractivity (Wildman–Crippen MR) is 77.8 cm³/mol. The number of hydrogen-bond donors (Lipinski definition) is 2. The molecule has 2 aliphatic rings. The second kappa shape index (κ2) is 5.44. The van der Waals surface area contributed by atoms with Crippen LogP contribution in [0.3, 0.4) is 0 Å². The van der Waals surface area contributed by atoms with Crippen LogP contribution in [0.15, 0.2) is 24.3 Å². The van der Waals surface area contributed by atoms with Crippen molar-refractivity contribution in [2.75, 3.05) is 13.2 Å². The van der Waals surface area contributed by atoms with Gasteiger partial charge in [0.05, 0.1) is 11.6 Å². The number of ether oxygens (including phenoxy) is 1. The molecular formula is C16H22N2O2. The Balaban J connectivity index is 1.66. The normalized spacial score (nSPS) is 28.6. The van der Waals surface area contributed by atoms with Crippen LogP contribution in [-0.4, -0.2) is 30.6 Å². The van der Waals surface area contributed by atoms with E-state index in [4.69, 9.17) is 4.74 Å². The topological polar surface area (TPSA) is 50.4 Å². The van der Waals surface area contributed by atoms with Gasteiger partial charge in [0.25, 0.3) is 0 Å². The largest absolute Gasteiger partial charge is 0.491 e. The Morgan fingerprint density at radius 2 is 2.35 bits per heavy atom. The quantitative estimate of drug-likeness (QED) is 0.881. The Kier molecular flexibility index (Phi) is 3.66. The van der Waals surface area contributed by atoms with E-state index in [0.29, 0.717) is 6.61 Å².